The molecule has 1 N–H and O–H groups in total. The molecule has 0 spiro atoms. The minimum atomic E-state index is -0.953. The summed E-state index contributed by atoms with van der Waals surface area (Å²) in [6.45, 7) is 1.11. The van der Waals surface area contributed by atoms with Gasteiger partial charge in [0, 0.05) is 20.2 Å². The zero-order valence-electron chi connectivity index (χ0n) is 14.8. The number of rotatable bonds is 5. The number of amides is 1. The molecule has 5 nitrogen and oxygen atoms in total. The summed E-state index contributed by atoms with van der Waals surface area (Å²) in [5, 5.41) is 8.97. The molecule has 0 aromatic heterocycles. The van der Waals surface area contributed by atoms with Gasteiger partial charge in [0.2, 0.25) is 5.91 Å². The van der Waals surface area contributed by atoms with Crippen molar-refractivity contribution in [2.45, 2.75) is 25.5 Å². The molecule has 2 aromatic rings. The Morgan fingerprint density at radius 1 is 1.12 bits per heavy atom. The largest absolute Gasteiger partial charge is 0.478 e. The van der Waals surface area contributed by atoms with Crippen molar-refractivity contribution >= 4 is 11.9 Å². The van der Waals surface area contributed by atoms with Gasteiger partial charge >= 0.3 is 5.97 Å². The highest BCUT2D eigenvalue weighted by Gasteiger charge is 2.34. The third kappa shape index (κ3) is 4.11. The van der Waals surface area contributed by atoms with Crippen molar-refractivity contribution < 1.29 is 19.4 Å². The topological polar surface area (TPSA) is 66.8 Å². The van der Waals surface area contributed by atoms with Crippen molar-refractivity contribution in [3.63, 3.8) is 0 Å². The fraction of sp³-hybridized carbons (Fsp3) is 0.333. The van der Waals surface area contributed by atoms with Gasteiger partial charge in [0.15, 0.2) is 0 Å². The maximum atomic E-state index is 13.0. The third-order valence-corrected chi connectivity index (χ3v) is 4.76. The average molecular weight is 353 g/mol. The van der Waals surface area contributed by atoms with Crippen molar-refractivity contribution in [3.8, 4) is 0 Å². The van der Waals surface area contributed by atoms with Gasteiger partial charge in [-0.05, 0) is 36.1 Å². The van der Waals surface area contributed by atoms with E-state index >= 15 is 0 Å². The highest BCUT2D eigenvalue weighted by Crippen LogP contribution is 2.34. The minimum Gasteiger partial charge on any atom is -0.478 e. The van der Waals surface area contributed by atoms with Gasteiger partial charge in [0.1, 0.15) is 0 Å². The van der Waals surface area contributed by atoms with Crippen LogP contribution in [-0.4, -0.2) is 35.5 Å². The number of aromatic carboxylic acids is 1. The molecule has 1 heterocycles. The summed E-state index contributed by atoms with van der Waals surface area (Å²) >= 11 is 0. The van der Waals surface area contributed by atoms with E-state index < -0.39 is 5.97 Å². The van der Waals surface area contributed by atoms with E-state index in [1.165, 1.54) is 0 Å². The number of hydrogen-bond acceptors (Lipinski definition) is 3. The van der Waals surface area contributed by atoms with Crippen LogP contribution in [0.5, 0.6) is 0 Å². The summed E-state index contributed by atoms with van der Waals surface area (Å²) in [6.07, 6.45) is 1.47. The molecule has 3 rings (SSSR count). The molecule has 0 radical (unpaired) electrons. The first kappa shape index (κ1) is 18.1. The standard InChI is InChI=1S/C21H23NO4/c1-22(14-15-9-11-17(12-10-15)21(24)25)20(23)18-8-5-13-26-19(18)16-6-3-2-4-7-16/h2-4,6-7,9-12,18-19H,5,8,13-14H2,1H3,(H,24,25)/t18-,19-/m1/s1. The maximum Gasteiger partial charge on any atom is 0.335 e. The minimum absolute atomic E-state index is 0.0564. The molecule has 1 aliphatic heterocycles. The van der Waals surface area contributed by atoms with E-state index in [4.69, 9.17) is 9.84 Å². The lowest BCUT2D eigenvalue weighted by Gasteiger charge is -2.33. The van der Waals surface area contributed by atoms with E-state index in [0.717, 1.165) is 24.0 Å². The number of hydrogen-bond donors (Lipinski definition) is 1. The first-order chi connectivity index (χ1) is 12.6. The van der Waals surface area contributed by atoms with E-state index in [1.54, 1.807) is 36.2 Å². The molecule has 1 saturated heterocycles. The quantitative estimate of drug-likeness (QED) is 0.893. The normalized spacial score (nSPS) is 19.7. The van der Waals surface area contributed by atoms with Crippen molar-refractivity contribution in [2.75, 3.05) is 13.7 Å². The molecule has 2 aromatic carbocycles. The Bertz CT molecular complexity index is 757. The molecule has 1 amide bonds. The predicted molar refractivity (Wildman–Crippen MR) is 97.7 cm³/mol. The molecule has 1 aliphatic rings. The van der Waals surface area contributed by atoms with E-state index in [2.05, 4.69) is 0 Å². The second kappa shape index (κ2) is 8.15. The van der Waals surface area contributed by atoms with Crippen LogP contribution in [-0.2, 0) is 16.1 Å². The molecular formula is C21H23NO4. The summed E-state index contributed by atoms with van der Waals surface area (Å²) in [4.78, 5) is 25.7. The van der Waals surface area contributed by atoms with Gasteiger partial charge in [-0.2, -0.15) is 0 Å². The van der Waals surface area contributed by atoms with Crippen LogP contribution >= 0.6 is 0 Å². The van der Waals surface area contributed by atoms with E-state index in [-0.39, 0.29) is 23.5 Å². The van der Waals surface area contributed by atoms with Crippen LogP contribution in [0.1, 0.15) is 40.4 Å². The van der Waals surface area contributed by atoms with Crippen molar-refractivity contribution in [1.82, 2.24) is 4.90 Å². The van der Waals surface area contributed by atoms with Gasteiger partial charge < -0.3 is 14.7 Å². The second-order valence-corrected chi connectivity index (χ2v) is 6.65. The Kier molecular flexibility index (Phi) is 5.68. The molecule has 0 bridgehead atoms. The van der Waals surface area contributed by atoms with E-state index in [0.29, 0.717) is 13.2 Å². The van der Waals surface area contributed by atoms with Crippen LogP contribution in [0.2, 0.25) is 0 Å². The van der Waals surface area contributed by atoms with Gasteiger partial charge in [-0.1, -0.05) is 42.5 Å². The molecule has 5 heteroatoms. The highest BCUT2D eigenvalue weighted by atomic mass is 16.5. The smallest absolute Gasteiger partial charge is 0.335 e. The molecular weight excluding hydrogens is 330 g/mol. The SMILES string of the molecule is CN(Cc1ccc(C(=O)O)cc1)C(=O)[C@@H]1CCCO[C@@H]1c1ccccc1. The monoisotopic (exact) mass is 353 g/mol. The number of nitrogens with zero attached hydrogens (tertiary/aromatic N) is 1. The van der Waals surface area contributed by atoms with Crippen LogP contribution < -0.4 is 0 Å². The number of carbonyl (C=O) groups is 2. The summed E-state index contributed by atoms with van der Waals surface area (Å²) in [7, 11) is 1.78. The van der Waals surface area contributed by atoms with Gasteiger partial charge in [0.05, 0.1) is 17.6 Å². The Labute approximate surface area is 153 Å². The van der Waals surface area contributed by atoms with Crippen LogP contribution in [0.3, 0.4) is 0 Å². The van der Waals surface area contributed by atoms with Crippen LogP contribution in [0, 0.1) is 5.92 Å². The Hall–Kier alpha value is -2.66. The zero-order valence-corrected chi connectivity index (χ0v) is 14.8. The fourth-order valence-corrected chi connectivity index (χ4v) is 3.39. The number of ether oxygens (including phenoxy) is 1. The van der Waals surface area contributed by atoms with Crippen molar-refractivity contribution in [3.05, 3.63) is 71.3 Å². The van der Waals surface area contributed by atoms with E-state index in [1.807, 2.05) is 30.3 Å². The Balaban J connectivity index is 1.70. The lowest BCUT2D eigenvalue weighted by Crippen LogP contribution is -2.38. The number of carboxylic acid groups (broad SMARTS) is 1. The van der Waals surface area contributed by atoms with Gasteiger partial charge in [-0.25, -0.2) is 4.79 Å². The van der Waals surface area contributed by atoms with E-state index in [9.17, 15) is 9.59 Å². The first-order valence-electron chi connectivity index (χ1n) is 8.80. The average Bonchev–Trinajstić information content (AvgIpc) is 2.68. The molecule has 26 heavy (non-hydrogen) atoms. The number of carboxylic acids is 1. The summed E-state index contributed by atoms with van der Waals surface area (Å²) in [6, 6.07) is 16.5. The zero-order chi connectivity index (χ0) is 18.5. The molecule has 1 fully saturated rings. The summed E-state index contributed by atoms with van der Waals surface area (Å²) in [5.41, 5.74) is 2.18. The highest BCUT2D eigenvalue weighted by molar-refractivity contribution is 5.87. The molecule has 0 unspecified atom stereocenters. The Morgan fingerprint density at radius 2 is 1.81 bits per heavy atom. The Morgan fingerprint density at radius 3 is 2.46 bits per heavy atom. The van der Waals surface area contributed by atoms with Crippen LogP contribution in [0.25, 0.3) is 0 Å². The van der Waals surface area contributed by atoms with Crippen molar-refractivity contribution in [1.29, 1.82) is 0 Å². The van der Waals surface area contributed by atoms with Crippen LogP contribution in [0.4, 0.5) is 0 Å². The lowest BCUT2D eigenvalue weighted by atomic mass is 9.88. The molecule has 136 valence electrons. The van der Waals surface area contributed by atoms with Crippen LogP contribution in [0.15, 0.2) is 54.6 Å². The van der Waals surface area contributed by atoms with Gasteiger partial charge in [-0.15, -0.1) is 0 Å². The van der Waals surface area contributed by atoms with Crippen molar-refractivity contribution in [2.24, 2.45) is 5.92 Å². The number of benzene rings is 2. The van der Waals surface area contributed by atoms with Gasteiger partial charge in [-0.3, -0.25) is 4.79 Å². The summed E-state index contributed by atoms with van der Waals surface area (Å²) < 4.78 is 5.93. The maximum absolute atomic E-state index is 13.0. The second-order valence-electron chi connectivity index (χ2n) is 6.65. The number of carbonyl (C=O) groups excluding carboxylic acids is 1. The summed E-state index contributed by atoms with van der Waals surface area (Å²) in [5.74, 6) is -1.10. The molecule has 0 saturated carbocycles. The lowest BCUT2D eigenvalue weighted by molar-refractivity contribution is -0.144. The first-order valence-corrected chi connectivity index (χ1v) is 8.80. The van der Waals surface area contributed by atoms with Gasteiger partial charge in [0.25, 0.3) is 0 Å². The fourth-order valence-electron chi connectivity index (χ4n) is 3.39. The molecule has 0 aliphatic carbocycles. The molecule has 2 atom stereocenters. The predicted octanol–water partition coefficient (Wildman–Crippen LogP) is 3.51. The third-order valence-electron chi connectivity index (χ3n) is 4.76.